The summed E-state index contributed by atoms with van der Waals surface area (Å²) in [6.07, 6.45) is 0.114. The molecule has 0 radical (unpaired) electrons. The fraction of sp³-hybridized carbons (Fsp3) is 0.381. The SMILES string of the molecule is CCOc1cc(CNCCSc2nnnn2-c2ccccc2)ccc1OC(C)C. The first-order valence-corrected chi connectivity index (χ1v) is 10.8. The summed E-state index contributed by atoms with van der Waals surface area (Å²) in [6, 6.07) is 16.0. The van der Waals surface area contributed by atoms with Gasteiger partial charge in [0.1, 0.15) is 0 Å². The highest BCUT2D eigenvalue weighted by molar-refractivity contribution is 7.99. The van der Waals surface area contributed by atoms with E-state index in [-0.39, 0.29) is 6.10 Å². The van der Waals surface area contributed by atoms with E-state index in [4.69, 9.17) is 9.47 Å². The fourth-order valence-electron chi connectivity index (χ4n) is 2.73. The van der Waals surface area contributed by atoms with E-state index < -0.39 is 0 Å². The smallest absolute Gasteiger partial charge is 0.214 e. The molecule has 3 aromatic rings. The van der Waals surface area contributed by atoms with Crippen LogP contribution in [0.2, 0.25) is 0 Å². The van der Waals surface area contributed by atoms with Crippen molar-refractivity contribution < 1.29 is 9.47 Å². The van der Waals surface area contributed by atoms with Crippen LogP contribution >= 0.6 is 11.8 Å². The van der Waals surface area contributed by atoms with E-state index in [2.05, 4.69) is 26.9 Å². The van der Waals surface area contributed by atoms with Gasteiger partial charge in [-0.3, -0.25) is 0 Å². The van der Waals surface area contributed by atoms with Gasteiger partial charge in [0.15, 0.2) is 11.5 Å². The Morgan fingerprint density at radius 1 is 1.10 bits per heavy atom. The molecule has 3 rings (SSSR count). The lowest BCUT2D eigenvalue weighted by Crippen LogP contribution is -2.17. The zero-order valence-electron chi connectivity index (χ0n) is 17.0. The van der Waals surface area contributed by atoms with Crippen molar-refractivity contribution in [3.05, 3.63) is 54.1 Å². The molecule has 0 aliphatic rings. The number of nitrogens with zero attached hydrogens (tertiary/aromatic N) is 4. The van der Waals surface area contributed by atoms with Crippen molar-refractivity contribution in [2.24, 2.45) is 0 Å². The summed E-state index contributed by atoms with van der Waals surface area (Å²) < 4.78 is 13.3. The molecule has 0 amide bonds. The number of hydrogen-bond acceptors (Lipinski definition) is 7. The number of benzene rings is 2. The molecule has 0 saturated carbocycles. The van der Waals surface area contributed by atoms with E-state index in [0.717, 1.165) is 46.7 Å². The number of thioether (sulfide) groups is 1. The van der Waals surface area contributed by atoms with Gasteiger partial charge in [0, 0.05) is 18.8 Å². The number of para-hydroxylation sites is 1. The lowest BCUT2D eigenvalue weighted by molar-refractivity contribution is 0.223. The zero-order chi connectivity index (χ0) is 20.5. The van der Waals surface area contributed by atoms with Gasteiger partial charge in [-0.15, -0.1) is 5.10 Å². The number of hydrogen-bond donors (Lipinski definition) is 1. The largest absolute Gasteiger partial charge is 0.490 e. The quantitative estimate of drug-likeness (QED) is 0.379. The topological polar surface area (TPSA) is 74.1 Å². The standard InChI is InChI=1S/C21H27N5O2S/c1-4-27-20-14-17(10-11-19(20)28-16(2)3)15-22-12-13-29-21-23-24-25-26(21)18-8-6-5-7-9-18/h5-11,14,16,22H,4,12-13,15H2,1-3H3. The van der Waals surface area contributed by atoms with Crippen LogP contribution in [0.1, 0.15) is 26.3 Å². The molecule has 0 aliphatic heterocycles. The first kappa shape index (κ1) is 21.1. The van der Waals surface area contributed by atoms with Crippen molar-refractivity contribution in [3.8, 4) is 17.2 Å². The van der Waals surface area contributed by atoms with Crippen LogP contribution in [0.3, 0.4) is 0 Å². The number of rotatable bonds is 11. The Labute approximate surface area is 175 Å². The highest BCUT2D eigenvalue weighted by Gasteiger charge is 2.10. The second kappa shape index (κ2) is 10.8. The Bertz CT molecular complexity index is 886. The normalized spacial score (nSPS) is 11.0. The highest BCUT2D eigenvalue weighted by atomic mass is 32.2. The van der Waals surface area contributed by atoms with Crippen molar-refractivity contribution >= 4 is 11.8 Å². The van der Waals surface area contributed by atoms with Crippen LogP contribution in [0, 0.1) is 0 Å². The van der Waals surface area contributed by atoms with Gasteiger partial charge in [0.2, 0.25) is 5.16 Å². The van der Waals surface area contributed by atoms with Crippen molar-refractivity contribution in [2.75, 3.05) is 18.9 Å². The minimum absolute atomic E-state index is 0.114. The van der Waals surface area contributed by atoms with Gasteiger partial charge in [0.25, 0.3) is 0 Å². The monoisotopic (exact) mass is 413 g/mol. The summed E-state index contributed by atoms with van der Waals surface area (Å²) in [4.78, 5) is 0. The third-order valence-electron chi connectivity index (χ3n) is 3.95. The van der Waals surface area contributed by atoms with E-state index in [9.17, 15) is 0 Å². The summed E-state index contributed by atoms with van der Waals surface area (Å²) in [5.41, 5.74) is 2.11. The van der Waals surface area contributed by atoms with Crippen LogP contribution in [0.4, 0.5) is 0 Å². The van der Waals surface area contributed by atoms with E-state index in [1.54, 1.807) is 16.4 Å². The maximum atomic E-state index is 5.82. The molecular weight excluding hydrogens is 386 g/mol. The second-order valence-electron chi connectivity index (χ2n) is 6.61. The molecule has 0 unspecified atom stereocenters. The average Bonchev–Trinajstić information content (AvgIpc) is 3.18. The maximum Gasteiger partial charge on any atom is 0.214 e. The van der Waals surface area contributed by atoms with E-state index in [0.29, 0.717) is 6.61 Å². The molecule has 0 aliphatic carbocycles. The van der Waals surface area contributed by atoms with Crippen molar-refractivity contribution in [1.82, 2.24) is 25.5 Å². The molecule has 0 bridgehead atoms. The Morgan fingerprint density at radius 2 is 1.93 bits per heavy atom. The zero-order valence-corrected chi connectivity index (χ0v) is 17.9. The Balaban J connectivity index is 1.49. The molecule has 0 atom stereocenters. The minimum Gasteiger partial charge on any atom is -0.490 e. The summed E-state index contributed by atoms with van der Waals surface area (Å²) in [6.45, 7) is 8.20. The predicted molar refractivity (Wildman–Crippen MR) is 115 cm³/mol. The number of nitrogens with one attached hydrogen (secondary N) is 1. The van der Waals surface area contributed by atoms with Crippen LogP contribution in [-0.4, -0.2) is 45.2 Å². The van der Waals surface area contributed by atoms with Gasteiger partial charge in [-0.2, -0.15) is 4.68 Å². The molecular formula is C21H27N5O2S. The summed E-state index contributed by atoms with van der Waals surface area (Å²) >= 11 is 1.62. The third kappa shape index (κ3) is 6.20. The molecule has 8 heteroatoms. The molecule has 1 N–H and O–H groups in total. The number of aromatic nitrogens is 4. The second-order valence-corrected chi connectivity index (χ2v) is 7.68. The van der Waals surface area contributed by atoms with Crippen LogP contribution < -0.4 is 14.8 Å². The van der Waals surface area contributed by atoms with Crippen LogP contribution in [-0.2, 0) is 6.54 Å². The maximum absolute atomic E-state index is 5.82. The Morgan fingerprint density at radius 3 is 2.69 bits per heavy atom. The fourth-order valence-corrected chi connectivity index (χ4v) is 3.52. The van der Waals surface area contributed by atoms with Gasteiger partial charge in [-0.05, 0) is 61.0 Å². The molecule has 0 spiro atoms. The van der Waals surface area contributed by atoms with Crippen molar-refractivity contribution in [2.45, 2.75) is 38.6 Å². The predicted octanol–water partition coefficient (Wildman–Crippen LogP) is 3.73. The van der Waals surface area contributed by atoms with Gasteiger partial charge >= 0.3 is 0 Å². The Kier molecular flexibility index (Phi) is 7.89. The first-order chi connectivity index (χ1) is 14.2. The summed E-state index contributed by atoms with van der Waals surface area (Å²) in [5, 5.41) is 16.2. The van der Waals surface area contributed by atoms with Crippen LogP contribution in [0.5, 0.6) is 11.5 Å². The number of ether oxygens (including phenoxy) is 2. The van der Waals surface area contributed by atoms with Gasteiger partial charge in [0.05, 0.1) is 18.4 Å². The number of tetrazole rings is 1. The molecule has 0 saturated heterocycles. The van der Waals surface area contributed by atoms with Crippen LogP contribution in [0.15, 0.2) is 53.7 Å². The van der Waals surface area contributed by atoms with Crippen molar-refractivity contribution in [3.63, 3.8) is 0 Å². The molecule has 29 heavy (non-hydrogen) atoms. The molecule has 154 valence electrons. The molecule has 1 heterocycles. The average molecular weight is 414 g/mol. The van der Waals surface area contributed by atoms with Crippen LogP contribution in [0.25, 0.3) is 5.69 Å². The lowest BCUT2D eigenvalue weighted by Gasteiger charge is -2.15. The van der Waals surface area contributed by atoms with Gasteiger partial charge in [-0.25, -0.2) is 0 Å². The van der Waals surface area contributed by atoms with E-state index in [1.807, 2.05) is 63.2 Å². The molecule has 1 aromatic heterocycles. The molecule has 7 nitrogen and oxygen atoms in total. The minimum atomic E-state index is 0.114. The molecule has 2 aromatic carbocycles. The molecule has 0 fully saturated rings. The first-order valence-electron chi connectivity index (χ1n) is 9.77. The van der Waals surface area contributed by atoms with E-state index in [1.165, 1.54) is 0 Å². The summed E-state index contributed by atoms with van der Waals surface area (Å²) in [7, 11) is 0. The van der Waals surface area contributed by atoms with Crippen molar-refractivity contribution in [1.29, 1.82) is 0 Å². The van der Waals surface area contributed by atoms with E-state index >= 15 is 0 Å². The summed E-state index contributed by atoms with van der Waals surface area (Å²) in [5.74, 6) is 2.44. The van der Waals surface area contributed by atoms with Gasteiger partial charge < -0.3 is 14.8 Å². The Hall–Kier alpha value is -2.58. The lowest BCUT2D eigenvalue weighted by atomic mass is 10.2. The third-order valence-corrected chi connectivity index (χ3v) is 4.87. The highest BCUT2D eigenvalue weighted by Crippen LogP contribution is 2.29. The van der Waals surface area contributed by atoms with Gasteiger partial charge in [-0.1, -0.05) is 36.0 Å².